The molecule has 0 atom stereocenters. The molecule has 0 aliphatic rings. The lowest BCUT2D eigenvalue weighted by atomic mass is 10.1. The van der Waals surface area contributed by atoms with Crippen LogP contribution in [0.1, 0.15) is 34.6 Å². The number of amides is 1. The van der Waals surface area contributed by atoms with E-state index in [1.165, 1.54) is 0 Å². The number of hydrogen-bond acceptors (Lipinski definition) is 4. The summed E-state index contributed by atoms with van der Waals surface area (Å²) in [4.78, 5) is 17.4. The van der Waals surface area contributed by atoms with Crippen LogP contribution >= 0.6 is 0 Å². The summed E-state index contributed by atoms with van der Waals surface area (Å²) < 4.78 is 13.4. The van der Waals surface area contributed by atoms with Gasteiger partial charge in [-0.2, -0.15) is 0 Å². The lowest BCUT2D eigenvalue weighted by Crippen LogP contribution is -2.27. The second-order valence-electron chi connectivity index (χ2n) is 8.22. The van der Waals surface area contributed by atoms with Gasteiger partial charge in [-0.1, -0.05) is 36.4 Å². The lowest BCUT2D eigenvalue weighted by Gasteiger charge is -2.11. The van der Waals surface area contributed by atoms with Gasteiger partial charge in [0, 0.05) is 31.1 Å². The van der Waals surface area contributed by atoms with Crippen LogP contribution in [-0.4, -0.2) is 35.7 Å². The van der Waals surface area contributed by atoms with Crippen molar-refractivity contribution in [3.63, 3.8) is 0 Å². The predicted octanol–water partition coefficient (Wildman–Crippen LogP) is 5.19. The van der Waals surface area contributed by atoms with E-state index in [-0.39, 0.29) is 5.91 Å². The molecule has 0 unspecified atom stereocenters. The number of ether oxygens (including phenoxy) is 2. The fourth-order valence-electron chi connectivity index (χ4n) is 4.03. The largest absolute Gasteiger partial charge is 0.497 e. The fraction of sp³-hybridized carbons (Fsp3) is 0.286. The monoisotopic (exact) mass is 457 g/mol. The van der Waals surface area contributed by atoms with E-state index in [0.29, 0.717) is 25.1 Å². The molecule has 0 aliphatic heterocycles. The van der Waals surface area contributed by atoms with Gasteiger partial charge in [-0.15, -0.1) is 0 Å². The van der Waals surface area contributed by atoms with Gasteiger partial charge in [-0.05, 0) is 55.7 Å². The van der Waals surface area contributed by atoms with Crippen LogP contribution in [-0.2, 0) is 13.0 Å². The van der Waals surface area contributed by atoms with Crippen molar-refractivity contribution in [2.75, 3.05) is 20.3 Å². The quantitative estimate of drug-likeness (QED) is 0.315. The number of carbonyl (C=O) groups is 1. The molecular weight excluding hydrogens is 426 g/mol. The molecule has 0 aliphatic carbocycles. The number of hydrogen-bond donors (Lipinski definition) is 1. The second-order valence-corrected chi connectivity index (χ2v) is 8.22. The number of imidazole rings is 1. The molecule has 6 nitrogen and oxygen atoms in total. The number of nitrogens with zero attached hydrogens (tertiary/aromatic N) is 2. The first-order valence-corrected chi connectivity index (χ1v) is 11.7. The van der Waals surface area contributed by atoms with Crippen molar-refractivity contribution in [3.8, 4) is 11.5 Å². The first kappa shape index (κ1) is 23.4. The minimum absolute atomic E-state index is 0.0459. The summed E-state index contributed by atoms with van der Waals surface area (Å²) in [6, 6.07) is 23.5. The van der Waals surface area contributed by atoms with Crippen LogP contribution < -0.4 is 14.8 Å². The summed E-state index contributed by atoms with van der Waals surface area (Å²) in [5, 5.41) is 3.04. The second kappa shape index (κ2) is 11.4. The zero-order valence-corrected chi connectivity index (χ0v) is 19.8. The molecule has 176 valence electrons. The van der Waals surface area contributed by atoms with Crippen LogP contribution in [0.5, 0.6) is 11.5 Å². The molecule has 0 saturated carbocycles. The number of fused-ring (bicyclic) bond motifs is 1. The minimum Gasteiger partial charge on any atom is -0.497 e. The van der Waals surface area contributed by atoms with Crippen molar-refractivity contribution < 1.29 is 14.3 Å². The number of carbonyl (C=O) groups excluding carboxylic acids is 1. The summed E-state index contributed by atoms with van der Waals surface area (Å²) in [5.41, 5.74) is 3.79. The molecule has 0 bridgehead atoms. The van der Waals surface area contributed by atoms with Gasteiger partial charge in [0.2, 0.25) is 0 Å². The Kier molecular flexibility index (Phi) is 7.81. The number of unbranched alkanes of at least 4 members (excludes halogenated alkanes) is 1. The third kappa shape index (κ3) is 5.76. The number of aromatic nitrogens is 2. The van der Waals surface area contributed by atoms with E-state index in [1.807, 2.05) is 73.7 Å². The third-order valence-electron chi connectivity index (χ3n) is 5.84. The van der Waals surface area contributed by atoms with Gasteiger partial charge in [-0.3, -0.25) is 4.79 Å². The Balaban J connectivity index is 1.33. The average Bonchev–Trinajstić information content (AvgIpc) is 3.21. The van der Waals surface area contributed by atoms with Gasteiger partial charge in [0.1, 0.15) is 17.3 Å². The summed E-state index contributed by atoms with van der Waals surface area (Å²) in [6.45, 7) is 3.98. The predicted molar refractivity (Wildman–Crippen MR) is 135 cm³/mol. The molecule has 0 saturated heterocycles. The molecule has 1 heterocycles. The van der Waals surface area contributed by atoms with Crippen LogP contribution in [0.25, 0.3) is 11.0 Å². The van der Waals surface area contributed by atoms with Gasteiger partial charge in [-0.25, -0.2) is 4.98 Å². The summed E-state index contributed by atoms with van der Waals surface area (Å²) in [5.74, 6) is 2.55. The number of rotatable bonds is 11. The standard InChI is InChI=1S/C28H31N3O3/c1-21-10-3-4-13-24(21)28(32)29-17-16-27-30-25-14-5-6-15-26(25)31(27)18-7-8-19-34-23-12-9-11-22(20-23)33-2/h3-6,9-15,20H,7-8,16-19H2,1-2H3,(H,29,32). The Morgan fingerprint density at radius 2 is 1.76 bits per heavy atom. The first-order valence-electron chi connectivity index (χ1n) is 11.7. The Bertz CT molecular complexity index is 1250. The van der Waals surface area contributed by atoms with E-state index in [0.717, 1.165) is 53.3 Å². The van der Waals surface area contributed by atoms with E-state index in [2.05, 4.69) is 16.0 Å². The highest BCUT2D eigenvalue weighted by molar-refractivity contribution is 5.95. The zero-order valence-electron chi connectivity index (χ0n) is 19.8. The van der Waals surface area contributed by atoms with Crippen LogP contribution in [0.2, 0.25) is 0 Å². The molecule has 3 aromatic carbocycles. The maximum atomic E-state index is 12.6. The topological polar surface area (TPSA) is 65.4 Å². The molecule has 6 heteroatoms. The van der Waals surface area contributed by atoms with E-state index in [1.54, 1.807) is 7.11 Å². The van der Waals surface area contributed by atoms with E-state index >= 15 is 0 Å². The third-order valence-corrected chi connectivity index (χ3v) is 5.84. The van der Waals surface area contributed by atoms with Gasteiger partial charge in [0.05, 0.1) is 24.8 Å². The van der Waals surface area contributed by atoms with Crippen LogP contribution in [0.15, 0.2) is 72.8 Å². The maximum absolute atomic E-state index is 12.6. The van der Waals surface area contributed by atoms with Gasteiger partial charge < -0.3 is 19.4 Å². The van der Waals surface area contributed by atoms with E-state index in [9.17, 15) is 4.79 Å². The van der Waals surface area contributed by atoms with E-state index < -0.39 is 0 Å². The highest BCUT2D eigenvalue weighted by atomic mass is 16.5. The fourth-order valence-corrected chi connectivity index (χ4v) is 4.03. The van der Waals surface area contributed by atoms with Crippen molar-refractivity contribution in [2.24, 2.45) is 0 Å². The lowest BCUT2D eigenvalue weighted by molar-refractivity contribution is 0.0953. The number of nitrogens with one attached hydrogen (secondary N) is 1. The number of aryl methyl sites for hydroxylation is 2. The molecule has 4 aromatic rings. The molecular formula is C28H31N3O3. The Morgan fingerprint density at radius 3 is 2.62 bits per heavy atom. The number of methoxy groups -OCH3 is 1. The molecule has 0 spiro atoms. The Labute approximate surface area is 200 Å². The van der Waals surface area contributed by atoms with Crippen molar-refractivity contribution in [1.82, 2.24) is 14.9 Å². The van der Waals surface area contributed by atoms with Gasteiger partial charge in [0.25, 0.3) is 5.91 Å². The van der Waals surface area contributed by atoms with Crippen molar-refractivity contribution >= 4 is 16.9 Å². The highest BCUT2D eigenvalue weighted by Gasteiger charge is 2.12. The summed E-state index contributed by atoms with van der Waals surface area (Å²) in [6.07, 6.45) is 2.56. The molecule has 34 heavy (non-hydrogen) atoms. The van der Waals surface area contributed by atoms with Crippen molar-refractivity contribution in [1.29, 1.82) is 0 Å². The van der Waals surface area contributed by atoms with Crippen molar-refractivity contribution in [3.05, 3.63) is 89.7 Å². The Hall–Kier alpha value is -3.80. The highest BCUT2D eigenvalue weighted by Crippen LogP contribution is 2.20. The number of benzene rings is 3. The molecule has 4 rings (SSSR count). The maximum Gasteiger partial charge on any atom is 0.251 e. The molecule has 1 aromatic heterocycles. The summed E-state index contributed by atoms with van der Waals surface area (Å²) in [7, 11) is 1.65. The van der Waals surface area contributed by atoms with Crippen LogP contribution in [0, 0.1) is 6.92 Å². The number of para-hydroxylation sites is 2. The van der Waals surface area contributed by atoms with Crippen LogP contribution in [0.4, 0.5) is 0 Å². The Morgan fingerprint density at radius 1 is 0.971 bits per heavy atom. The summed E-state index contributed by atoms with van der Waals surface area (Å²) >= 11 is 0. The first-order chi connectivity index (χ1) is 16.7. The molecule has 1 N–H and O–H groups in total. The van der Waals surface area contributed by atoms with Crippen LogP contribution in [0.3, 0.4) is 0 Å². The van der Waals surface area contributed by atoms with Gasteiger partial charge in [0.15, 0.2) is 0 Å². The molecule has 0 fully saturated rings. The minimum atomic E-state index is -0.0459. The van der Waals surface area contributed by atoms with E-state index in [4.69, 9.17) is 14.5 Å². The molecule has 0 radical (unpaired) electrons. The average molecular weight is 458 g/mol. The zero-order chi connectivity index (χ0) is 23.8. The SMILES string of the molecule is COc1cccc(OCCCCn2c(CCNC(=O)c3ccccc3C)nc3ccccc32)c1. The van der Waals surface area contributed by atoms with Crippen molar-refractivity contribution in [2.45, 2.75) is 32.7 Å². The normalized spacial score (nSPS) is 10.9. The van der Waals surface area contributed by atoms with Gasteiger partial charge >= 0.3 is 0 Å². The smallest absolute Gasteiger partial charge is 0.251 e. The molecule has 1 amide bonds.